The van der Waals surface area contributed by atoms with Gasteiger partial charge in [0, 0.05) is 25.3 Å². The van der Waals surface area contributed by atoms with Gasteiger partial charge in [-0.2, -0.15) is 5.26 Å². The Morgan fingerprint density at radius 2 is 2.16 bits per heavy atom. The van der Waals surface area contributed by atoms with Crippen LogP contribution in [-0.4, -0.2) is 51.0 Å². The fourth-order valence-corrected chi connectivity index (χ4v) is 3.13. The first kappa shape index (κ1) is 17.0. The number of rotatable bonds is 4. The molecule has 0 amide bonds. The van der Waals surface area contributed by atoms with Crippen molar-refractivity contribution >= 4 is 11.6 Å². The molecule has 25 heavy (non-hydrogen) atoms. The second kappa shape index (κ2) is 7.85. The van der Waals surface area contributed by atoms with Crippen LogP contribution in [0.5, 0.6) is 0 Å². The Morgan fingerprint density at radius 1 is 1.28 bits per heavy atom. The van der Waals surface area contributed by atoms with Crippen LogP contribution in [0.4, 0.5) is 11.6 Å². The summed E-state index contributed by atoms with van der Waals surface area (Å²) in [5, 5.41) is 8.83. The standard InChI is InChI=1S/C17H22N8/c1-24(12-16-20-6-4-15(19)23-16)14-3-2-7-25(8-5-14)17-11-21-13(9-18)10-22-17/h4,6,10-11,14H,2-3,5,7-8,12H2,1H3,(H2,19,20,23)/t14-/m0/s1. The van der Waals surface area contributed by atoms with Crippen LogP contribution in [0, 0.1) is 11.3 Å². The zero-order valence-electron chi connectivity index (χ0n) is 14.3. The van der Waals surface area contributed by atoms with Gasteiger partial charge < -0.3 is 10.6 Å². The van der Waals surface area contributed by atoms with E-state index in [-0.39, 0.29) is 0 Å². The van der Waals surface area contributed by atoms with E-state index in [9.17, 15) is 0 Å². The van der Waals surface area contributed by atoms with Crippen molar-refractivity contribution in [1.82, 2.24) is 24.8 Å². The smallest absolute Gasteiger partial charge is 0.158 e. The Morgan fingerprint density at radius 3 is 2.88 bits per heavy atom. The molecule has 1 fully saturated rings. The second-order valence-corrected chi connectivity index (χ2v) is 6.26. The molecule has 130 valence electrons. The van der Waals surface area contributed by atoms with Gasteiger partial charge in [-0.05, 0) is 32.4 Å². The molecule has 0 unspecified atom stereocenters. The van der Waals surface area contributed by atoms with Crippen LogP contribution in [-0.2, 0) is 6.54 Å². The van der Waals surface area contributed by atoms with Crippen LogP contribution in [0.15, 0.2) is 24.7 Å². The summed E-state index contributed by atoms with van der Waals surface area (Å²) in [6, 6.07) is 4.16. The van der Waals surface area contributed by atoms with Gasteiger partial charge in [0.1, 0.15) is 23.5 Å². The number of hydrogen-bond acceptors (Lipinski definition) is 8. The molecule has 0 spiro atoms. The Kier molecular flexibility index (Phi) is 5.36. The Labute approximate surface area is 147 Å². The number of aromatic nitrogens is 4. The van der Waals surface area contributed by atoms with Crippen LogP contribution in [0.1, 0.15) is 30.8 Å². The van der Waals surface area contributed by atoms with Crippen molar-refractivity contribution < 1.29 is 0 Å². The molecule has 2 aromatic heterocycles. The summed E-state index contributed by atoms with van der Waals surface area (Å²) < 4.78 is 0. The molecular formula is C17H22N8. The molecule has 0 saturated carbocycles. The fourth-order valence-electron chi connectivity index (χ4n) is 3.13. The van der Waals surface area contributed by atoms with Crippen LogP contribution in [0.3, 0.4) is 0 Å². The molecule has 1 aliphatic heterocycles. The summed E-state index contributed by atoms with van der Waals surface area (Å²) in [6.45, 7) is 2.54. The minimum atomic E-state index is 0.346. The number of hydrogen-bond donors (Lipinski definition) is 1. The SMILES string of the molecule is CN(Cc1nccc(N)n1)[C@H]1CCCN(c2cnc(C#N)cn2)CC1. The minimum absolute atomic E-state index is 0.346. The molecule has 2 aromatic rings. The Balaban J connectivity index is 1.59. The highest BCUT2D eigenvalue weighted by atomic mass is 15.2. The van der Waals surface area contributed by atoms with E-state index in [1.165, 1.54) is 6.20 Å². The molecule has 0 bridgehead atoms. The molecular weight excluding hydrogens is 316 g/mol. The van der Waals surface area contributed by atoms with Crippen molar-refractivity contribution in [2.24, 2.45) is 0 Å². The molecule has 0 aromatic carbocycles. The zero-order valence-corrected chi connectivity index (χ0v) is 14.3. The van der Waals surface area contributed by atoms with Gasteiger partial charge in [-0.15, -0.1) is 0 Å². The zero-order chi connectivity index (χ0) is 17.6. The summed E-state index contributed by atoms with van der Waals surface area (Å²) in [5.74, 6) is 2.09. The van der Waals surface area contributed by atoms with Gasteiger partial charge in [-0.25, -0.2) is 19.9 Å². The van der Waals surface area contributed by atoms with Crippen LogP contribution in [0.2, 0.25) is 0 Å². The van der Waals surface area contributed by atoms with Gasteiger partial charge in [0.05, 0.1) is 18.9 Å². The number of nitrogen functional groups attached to an aromatic ring is 1. The second-order valence-electron chi connectivity index (χ2n) is 6.26. The quantitative estimate of drug-likeness (QED) is 0.886. The monoisotopic (exact) mass is 338 g/mol. The first-order chi connectivity index (χ1) is 12.2. The Hall–Kier alpha value is -2.79. The van der Waals surface area contributed by atoms with E-state index in [1.54, 1.807) is 18.5 Å². The van der Waals surface area contributed by atoms with Crippen molar-refractivity contribution in [2.45, 2.75) is 31.8 Å². The lowest BCUT2D eigenvalue weighted by atomic mass is 10.1. The lowest BCUT2D eigenvalue weighted by Crippen LogP contribution is -2.33. The summed E-state index contributed by atoms with van der Waals surface area (Å²) in [6.07, 6.45) is 8.13. The summed E-state index contributed by atoms with van der Waals surface area (Å²) in [4.78, 5) is 21.6. The first-order valence-electron chi connectivity index (χ1n) is 8.40. The van der Waals surface area contributed by atoms with E-state index in [4.69, 9.17) is 11.0 Å². The summed E-state index contributed by atoms with van der Waals surface area (Å²) in [7, 11) is 2.11. The summed E-state index contributed by atoms with van der Waals surface area (Å²) in [5.41, 5.74) is 6.08. The lowest BCUT2D eigenvalue weighted by molar-refractivity contribution is 0.212. The Bertz CT molecular complexity index is 739. The average molecular weight is 338 g/mol. The maximum Gasteiger partial charge on any atom is 0.158 e. The highest BCUT2D eigenvalue weighted by Gasteiger charge is 2.22. The molecule has 1 aliphatic rings. The van der Waals surface area contributed by atoms with E-state index in [1.807, 2.05) is 6.07 Å². The number of nitrogens with two attached hydrogens (primary N) is 1. The van der Waals surface area contributed by atoms with E-state index >= 15 is 0 Å². The average Bonchev–Trinajstić information content (AvgIpc) is 2.88. The van der Waals surface area contributed by atoms with E-state index in [2.05, 4.69) is 36.8 Å². The molecule has 0 aliphatic carbocycles. The van der Waals surface area contributed by atoms with Crippen LogP contribution < -0.4 is 10.6 Å². The molecule has 1 saturated heterocycles. The van der Waals surface area contributed by atoms with Crippen LogP contribution in [0.25, 0.3) is 0 Å². The fraction of sp³-hybridized carbons (Fsp3) is 0.471. The van der Waals surface area contributed by atoms with Gasteiger partial charge in [0.25, 0.3) is 0 Å². The molecule has 3 heterocycles. The molecule has 8 heteroatoms. The van der Waals surface area contributed by atoms with Crippen molar-refractivity contribution in [3.8, 4) is 6.07 Å². The number of nitriles is 1. The predicted molar refractivity (Wildman–Crippen MR) is 94.5 cm³/mol. The van der Waals surface area contributed by atoms with E-state index in [0.717, 1.165) is 44.0 Å². The van der Waals surface area contributed by atoms with E-state index < -0.39 is 0 Å². The van der Waals surface area contributed by atoms with Gasteiger partial charge in [-0.3, -0.25) is 4.90 Å². The topological polar surface area (TPSA) is 108 Å². The molecule has 8 nitrogen and oxygen atoms in total. The van der Waals surface area contributed by atoms with Crippen molar-refractivity contribution in [3.05, 3.63) is 36.2 Å². The van der Waals surface area contributed by atoms with Gasteiger partial charge in [-0.1, -0.05) is 0 Å². The number of nitrogens with zero attached hydrogens (tertiary/aromatic N) is 7. The minimum Gasteiger partial charge on any atom is -0.384 e. The van der Waals surface area contributed by atoms with Gasteiger partial charge in [0.15, 0.2) is 5.69 Å². The largest absolute Gasteiger partial charge is 0.384 e. The maximum absolute atomic E-state index is 8.83. The van der Waals surface area contributed by atoms with Crippen molar-refractivity contribution in [1.29, 1.82) is 5.26 Å². The maximum atomic E-state index is 8.83. The highest BCUT2D eigenvalue weighted by Crippen LogP contribution is 2.20. The van der Waals surface area contributed by atoms with Crippen LogP contribution >= 0.6 is 0 Å². The third-order valence-corrected chi connectivity index (χ3v) is 4.52. The molecule has 2 N–H and O–H groups in total. The van der Waals surface area contributed by atoms with Crippen molar-refractivity contribution in [2.75, 3.05) is 30.8 Å². The summed E-state index contributed by atoms with van der Waals surface area (Å²) >= 11 is 0. The molecule has 0 radical (unpaired) electrons. The highest BCUT2D eigenvalue weighted by molar-refractivity contribution is 5.37. The predicted octanol–water partition coefficient (Wildman–Crippen LogP) is 1.21. The molecule has 3 rings (SSSR count). The third kappa shape index (κ3) is 4.39. The van der Waals surface area contributed by atoms with Gasteiger partial charge in [0.2, 0.25) is 0 Å². The molecule has 1 atom stereocenters. The van der Waals surface area contributed by atoms with E-state index in [0.29, 0.717) is 24.1 Å². The third-order valence-electron chi connectivity index (χ3n) is 4.52. The van der Waals surface area contributed by atoms with Crippen molar-refractivity contribution in [3.63, 3.8) is 0 Å². The normalized spacial score (nSPS) is 18.0. The lowest BCUT2D eigenvalue weighted by Gasteiger charge is -2.26. The van der Waals surface area contributed by atoms with Gasteiger partial charge >= 0.3 is 0 Å². The number of anilines is 2. The first-order valence-corrected chi connectivity index (χ1v) is 8.40.